The first-order valence-electron chi connectivity index (χ1n) is 9.39. The third-order valence-electron chi connectivity index (χ3n) is 4.62. The van der Waals surface area contributed by atoms with Gasteiger partial charge in [-0.05, 0) is 54.8 Å². The average Bonchev–Trinajstić information content (AvgIpc) is 3.32. The van der Waals surface area contributed by atoms with E-state index in [0.717, 1.165) is 52.5 Å². The normalized spacial score (nSPS) is 12.7. The molecule has 2 aromatic carbocycles. The van der Waals surface area contributed by atoms with Crippen LogP contribution in [0.2, 0.25) is 0 Å². The fourth-order valence-electron chi connectivity index (χ4n) is 3.22. The lowest BCUT2D eigenvalue weighted by Gasteiger charge is -2.11. The molecule has 3 aromatic rings. The number of nitrogens with one attached hydrogen (secondary N) is 3. The SMILES string of the molecule is CCNC(=NCc1ccc2c(c1)OCO2)NCCc1c[nH]c2ccc(F)cc12.I. The first kappa shape index (κ1) is 21.2. The highest BCUT2D eigenvalue weighted by Gasteiger charge is 2.13. The molecule has 0 aliphatic carbocycles. The van der Waals surface area contributed by atoms with Crippen LogP contribution in [0.5, 0.6) is 11.5 Å². The van der Waals surface area contributed by atoms with E-state index in [2.05, 4.69) is 20.6 Å². The zero-order chi connectivity index (χ0) is 19.3. The molecule has 1 aliphatic rings. The van der Waals surface area contributed by atoms with E-state index in [1.807, 2.05) is 31.3 Å². The first-order chi connectivity index (χ1) is 13.7. The zero-order valence-corrected chi connectivity index (χ0v) is 18.5. The molecule has 6 nitrogen and oxygen atoms in total. The largest absolute Gasteiger partial charge is 0.454 e. The molecule has 0 saturated heterocycles. The van der Waals surface area contributed by atoms with Gasteiger partial charge in [0.1, 0.15) is 5.82 Å². The summed E-state index contributed by atoms with van der Waals surface area (Å²) in [5, 5.41) is 7.50. The topological polar surface area (TPSA) is 70.7 Å². The van der Waals surface area contributed by atoms with Gasteiger partial charge in [0.2, 0.25) is 6.79 Å². The standard InChI is InChI=1S/C21H23FN4O2.HI/c1-2-23-21(26-11-14-3-6-19-20(9-14)28-13-27-19)24-8-7-15-12-25-18-5-4-16(22)10-17(15)18;/h3-6,9-10,12,25H,2,7-8,11,13H2,1H3,(H2,23,24,26);1H. The monoisotopic (exact) mass is 510 g/mol. The number of rotatable bonds is 6. The Labute approximate surface area is 185 Å². The molecular formula is C21H24FIN4O2. The van der Waals surface area contributed by atoms with Crippen LogP contribution in [0.3, 0.4) is 0 Å². The number of aliphatic imine (C=N–C) groups is 1. The second kappa shape index (κ2) is 9.82. The molecule has 154 valence electrons. The molecular weight excluding hydrogens is 486 g/mol. The third kappa shape index (κ3) is 5.11. The fraction of sp³-hybridized carbons (Fsp3) is 0.286. The summed E-state index contributed by atoms with van der Waals surface area (Å²) < 4.78 is 24.3. The van der Waals surface area contributed by atoms with Crippen LogP contribution < -0.4 is 20.1 Å². The van der Waals surface area contributed by atoms with Gasteiger partial charge in [-0.15, -0.1) is 24.0 Å². The van der Waals surface area contributed by atoms with Crippen molar-refractivity contribution in [3.8, 4) is 11.5 Å². The Kier molecular flexibility index (Phi) is 7.18. The number of benzene rings is 2. The Morgan fingerprint density at radius 2 is 2.00 bits per heavy atom. The van der Waals surface area contributed by atoms with Gasteiger partial charge >= 0.3 is 0 Å². The molecule has 0 amide bonds. The van der Waals surface area contributed by atoms with Gasteiger partial charge in [0.15, 0.2) is 17.5 Å². The smallest absolute Gasteiger partial charge is 0.231 e. The second-order valence-electron chi connectivity index (χ2n) is 6.56. The quantitative estimate of drug-likeness (QED) is 0.267. The van der Waals surface area contributed by atoms with Crippen molar-refractivity contribution in [2.75, 3.05) is 19.9 Å². The number of fused-ring (bicyclic) bond motifs is 2. The molecule has 0 saturated carbocycles. The minimum atomic E-state index is -0.222. The maximum atomic E-state index is 13.5. The average molecular weight is 510 g/mol. The highest BCUT2D eigenvalue weighted by Crippen LogP contribution is 2.32. The second-order valence-corrected chi connectivity index (χ2v) is 6.56. The molecule has 3 N–H and O–H groups in total. The molecule has 0 atom stereocenters. The van der Waals surface area contributed by atoms with Gasteiger partial charge in [-0.1, -0.05) is 6.07 Å². The zero-order valence-electron chi connectivity index (χ0n) is 16.1. The predicted molar refractivity (Wildman–Crippen MR) is 123 cm³/mol. The molecule has 2 heterocycles. The van der Waals surface area contributed by atoms with Gasteiger partial charge in [-0.3, -0.25) is 0 Å². The molecule has 0 fully saturated rings. The van der Waals surface area contributed by atoms with E-state index in [-0.39, 0.29) is 36.6 Å². The predicted octanol–water partition coefficient (Wildman–Crippen LogP) is 3.95. The van der Waals surface area contributed by atoms with Crippen LogP contribution in [0.1, 0.15) is 18.1 Å². The Morgan fingerprint density at radius 1 is 1.14 bits per heavy atom. The molecule has 4 rings (SSSR count). The molecule has 0 bridgehead atoms. The van der Waals surface area contributed by atoms with Crippen LogP contribution in [-0.4, -0.2) is 30.8 Å². The van der Waals surface area contributed by atoms with Crippen LogP contribution in [0.15, 0.2) is 47.6 Å². The summed E-state index contributed by atoms with van der Waals surface area (Å²) in [6.07, 6.45) is 2.69. The van der Waals surface area contributed by atoms with E-state index >= 15 is 0 Å². The van der Waals surface area contributed by atoms with Crippen molar-refractivity contribution in [1.29, 1.82) is 0 Å². The highest BCUT2D eigenvalue weighted by molar-refractivity contribution is 14.0. The van der Waals surface area contributed by atoms with Gasteiger partial charge in [-0.2, -0.15) is 0 Å². The van der Waals surface area contributed by atoms with Crippen LogP contribution in [0, 0.1) is 5.82 Å². The lowest BCUT2D eigenvalue weighted by Crippen LogP contribution is -2.38. The number of halogens is 2. The molecule has 8 heteroatoms. The number of hydrogen-bond donors (Lipinski definition) is 3. The number of aromatic nitrogens is 1. The number of aromatic amines is 1. The molecule has 29 heavy (non-hydrogen) atoms. The Bertz CT molecular complexity index is 1010. The van der Waals surface area contributed by atoms with Crippen LogP contribution >= 0.6 is 24.0 Å². The van der Waals surface area contributed by atoms with E-state index in [0.29, 0.717) is 13.1 Å². The van der Waals surface area contributed by atoms with Crippen molar-refractivity contribution in [2.24, 2.45) is 4.99 Å². The number of nitrogens with zero attached hydrogens (tertiary/aromatic N) is 1. The summed E-state index contributed by atoms with van der Waals surface area (Å²) in [4.78, 5) is 7.82. The lowest BCUT2D eigenvalue weighted by atomic mass is 10.1. The Balaban J connectivity index is 0.00000240. The summed E-state index contributed by atoms with van der Waals surface area (Å²) in [5.74, 6) is 2.05. The van der Waals surface area contributed by atoms with E-state index < -0.39 is 0 Å². The molecule has 1 aliphatic heterocycles. The Morgan fingerprint density at radius 3 is 2.86 bits per heavy atom. The third-order valence-corrected chi connectivity index (χ3v) is 4.62. The maximum Gasteiger partial charge on any atom is 0.231 e. The fourth-order valence-corrected chi connectivity index (χ4v) is 3.22. The number of ether oxygens (including phenoxy) is 2. The first-order valence-corrected chi connectivity index (χ1v) is 9.39. The Hall–Kier alpha value is -2.49. The molecule has 1 aromatic heterocycles. The summed E-state index contributed by atoms with van der Waals surface area (Å²) in [6.45, 7) is 4.29. The minimum Gasteiger partial charge on any atom is -0.454 e. The van der Waals surface area contributed by atoms with Crippen molar-refractivity contribution in [3.63, 3.8) is 0 Å². The van der Waals surface area contributed by atoms with Gasteiger partial charge in [0.05, 0.1) is 6.54 Å². The van der Waals surface area contributed by atoms with E-state index in [4.69, 9.17) is 9.47 Å². The van der Waals surface area contributed by atoms with Crippen molar-refractivity contribution in [2.45, 2.75) is 19.9 Å². The minimum absolute atomic E-state index is 0. The maximum absolute atomic E-state index is 13.5. The summed E-state index contributed by atoms with van der Waals surface area (Å²) in [7, 11) is 0. The summed E-state index contributed by atoms with van der Waals surface area (Å²) >= 11 is 0. The highest BCUT2D eigenvalue weighted by atomic mass is 127. The van der Waals surface area contributed by atoms with Crippen molar-refractivity contribution < 1.29 is 13.9 Å². The molecule has 0 radical (unpaired) electrons. The van der Waals surface area contributed by atoms with Crippen molar-refractivity contribution in [3.05, 3.63) is 59.5 Å². The van der Waals surface area contributed by atoms with Gasteiger partial charge in [0, 0.05) is 30.2 Å². The number of guanidine groups is 1. The van der Waals surface area contributed by atoms with Crippen molar-refractivity contribution in [1.82, 2.24) is 15.6 Å². The number of hydrogen-bond acceptors (Lipinski definition) is 3. The van der Waals surface area contributed by atoms with Crippen LogP contribution in [0.25, 0.3) is 10.9 Å². The lowest BCUT2D eigenvalue weighted by molar-refractivity contribution is 0.174. The summed E-state index contributed by atoms with van der Waals surface area (Å²) in [6, 6.07) is 10.6. The summed E-state index contributed by atoms with van der Waals surface area (Å²) in [5.41, 5.74) is 3.07. The van der Waals surface area contributed by atoms with E-state index in [1.54, 1.807) is 12.1 Å². The molecule has 0 spiro atoms. The van der Waals surface area contributed by atoms with Crippen LogP contribution in [0.4, 0.5) is 4.39 Å². The van der Waals surface area contributed by atoms with Gasteiger partial charge < -0.3 is 25.1 Å². The van der Waals surface area contributed by atoms with Gasteiger partial charge in [-0.25, -0.2) is 9.38 Å². The van der Waals surface area contributed by atoms with Crippen LogP contribution in [-0.2, 0) is 13.0 Å². The van der Waals surface area contributed by atoms with E-state index in [1.165, 1.54) is 6.07 Å². The van der Waals surface area contributed by atoms with Crippen molar-refractivity contribution >= 4 is 40.8 Å². The molecule has 0 unspecified atom stereocenters. The van der Waals surface area contributed by atoms with Gasteiger partial charge in [0.25, 0.3) is 0 Å². The van der Waals surface area contributed by atoms with E-state index in [9.17, 15) is 4.39 Å². The number of H-pyrrole nitrogens is 1.